The molecule has 1 fully saturated rings. The van der Waals surface area contributed by atoms with E-state index < -0.39 is 0 Å². The number of carbonyl (C=O) groups is 1. The van der Waals surface area contributed by atoms with Gasteiger partial charge in [-0.3, -0.25) is 4.79 Å². The standard InChI is InChI=1S/C11H22N2O3/c1-2-15-7-8-16-6-5-10(11(12)14)13-9-3-4-9/h9-10,13H,2-8H2,1H3,(H2,12,14). The van der Waals surface area contributed by atoms with Gasteiger partial charge >= 0.3 is 0 Å². The van der Waals surface area contributed by atoms with Crippen molar-refractivity contribution in [1.82, 2.24) is 5.32 Å². The molecule has 1 atom stereocenters. The van der Waals surface area contributed by atoms with Crippen molar-refractivity contribution in [3.63, 3.8) is 0 Å². The van der Waals surface area contributed by atoms with E-state index in [2.05, 4.69) is 5.32 Å². The molecule has 0 spiro atoms. The van der Waals surface area contributed by atoms with Crippen LogP contribution in [0.3, 0.4) is 0 Å². The molecule has 1 aliphatic carbocycles. The van der Waals surface area contributed by atoms with Gasteiger partial charge in [-0.1, -0.05) is 0 Å². The molecule has 1 rings (SSSR count). The molecule has 94 valence electrons. The van der Waals surface area contributed by atoms with Gasteiger partial charge in [0.15, 0.2) is 0 Å². The zero-order chi connectivity index (χ0) is 11.8. The summed E-state index contributed by atoms with van der Waals surface area (Å²) in [6.45, 7) is 4.37. The number of nitrogens with two attached hydrogens (primary N) is 1. The van der Waals surface area contributed by atoms with Gasteiger partial charge in [0.25, 0.3) is 0 Å². The van der Waals surface area contributed by atoms with Crippen LogP contribution in [0.5, 0.6) is 0 Å². The van der Waals surface area contributed by atoms with Gasteiger partial charge in [0.05, 0.1) is 19.3 Å². The molecule has 0 heterocycles. The van der Waals surface area contributed by atoms with E-state index in [4.69, 9.17) is 15.2 Å². The molecule has 0 aliphatic heterocycles. The van der Waals surface area contributed by atoms with Crippen LogP contribution in [0.1, 0.15) is 26.2 Å². The lowest BCUT2D eigenvalue weighted by atomic mass is 10.2. The minimum atomic E-state index is -0.291. The lowest BCUT2D eigenvalue weighted by Crippen LogP contribution is -2.43. The SMILES string of the molecule is CCOCCOCCC(NC1CC1)C(N)=O. The molecule has 16 heavy (non-hydrogen) atoms. The topological polar surface area (TPSA) is 73.6 Å². The Bertz CT molecular complexity index is 207. The van der Waals surface area contributed by atoms with Crippen molar-refractivity contribution in [2.75, 3.05) is 26.4 Å². The van der Waals surface area contributed by atoms with E-state index in [9.17, 15) is 4.79 Å². The Kier molecular flexibility index (Phi) is 6.37. The van der Waals surface area contributed by atoms with E-state index in [-0.39, 0.29) is 11.9 Å². The Morgan fingerprint density at radius 2 is 2.06 bits per heavy atom. The summed E-state index contributed by atoms with van der Waals surface area (Å²) in [5.74, 6) is -0.291. The average Bonchev–Trinajstić information content (AvgIpc) is 3.05. The quantitative estimate of drug-likeness (QED) is 0.520. The molecule has 1 unspecified atom stereocenters. The van der Waals surface area contributed by atoms with Crippen molar-refractivity contribution in [3.05, 3.63) is 0 Å². The summed E-state index contributed by atoms with van der Waals surface area (Å²) in [5, 5.41) is 3.21. The summed E-state index contributed by atoms with van der Waals surface area (Å²) >= 11 is 0. The van der Waals surface area contributed by atoms with Crippen molar-refractivity contribution < 1.29 is 14.3 Å². The van der Waals surface area contributed by atoms with Crippen molar-refractivity contribution in [2.45, 2.75) is 38.3 Å². The highest BCUT2D eigenvalue weighted by Crippen LogP contribution is 2.19. The molecule has 0 radical (unpaired) electrons. The van der Waals surface area contributed by atoms with Gasteiger partial charge in [-0.15, -0.1) is 0 Å². The Morgan fingerprint density at radius 1 is 1.38 bits per heavy atom. The number of nitrogens with one attached hydrogen (secondary N) is 1. The highest BCUT2D eigenvalue weighted by Gasteiger charge is 2.26. The zero-order valence-corrected chi connectivity index (χ0v) is 9.91. The van der Waals surface area contributed by atoms with Crippen LogP contribution in [0.25, 0.3) is 0 Å². The molecule has 0 bridgehead atoms. The van der Waals surface area contributed by atoms with Gasteiger partial charge in [0.1, 0.15) is 0 Å². The number of hydrogen-bond donors (Lipinski definition) is 2. The van der Waals surface area contributed by atoms with Gasteiger partial charge in [-0.25, -0.2) is 0 Å². The first-order chi connectivity index (χ1) is 7.74. The third-order valence-corrected chi connectivity index (χ3v) is 2.48. The van der Waals surface area contributed by atoms with Gasteiger partial charge in [0, 0.05) is 19.3 Å². The molecule has 0 saturated heterocycles. The second-order valence-corrected chi connectivity index (χ2v) is 3.99. The molecule has 0 aromatic rings. The fourth-order valence-corrected chi connectivity index (χ4v) is 1.41. The van der Waals surface area contributed by atoms with Crippen molar-refractivity contribution in [2.24, 2.45) is 5.73 Å². The fourth-order valence-electron chi connectivity index (χ4n) is 1.41. The maximum atomic E-state index is 11.1. The largest absolute Gasteiger partial charge is 0.379 e. The normalized spacial score (nSPS) is 17.3. The third-order valence-electron chi connectivity index (χ3n) is 2.48. The molecular formula is C11H22N2O3. The summed E-state index contributed by atoms with van der Waals surface area (Å²) in [4.78, 5) is 11.1. The van der Waals surface area contributed by atoms with Crippen LogP contribution in [0, 0.1) is 0 Å². The molecule has 1 saturated carbocycles. The van der Waals surface area contributed by atoms with E-state index in [1.165, 1.54) is 0 Å². The highest BCUT2D eigenvalue weighted by molar-refractivity contribution is 5.79. The number of carbonyl (C=O) groups excluding carboxylic acids is 1. The molecule has 1 aliphatic rings. The summed E-state index contributed by atoms with van der Waals surface area (Å²) in [6, 6.07) is 0.237. The summed E-state index contributed by atoms with van der Waals surface area (Å²) in [6.07, 6.45) is 2.93. The second kappa shape index (κ2) is 7.60. The van der Waals surface area contributed by atoms with Gasteiger partial charge < -0.3 is 20.5 Å². The van der Waals surface area contributed by atoms with E-state index >= 15 is 0 Å². The minimum absolute atomic E-state index is 0.250. The second-order valence-electron chi connectivity index (χ2n) is 3.99. The maximum Gasteiger partial charge on any atom is 0.234 e. The van der Waals surface area contributed by atoms with Crippen LogP contribution >= 0.6 is 0 Å². The number of primary amides is 1. The Labute approximate surface area is 96.7 Å². The van der Waals surface area contributed by atoms with E-state index in [1.54, 1.807) is 0 Å². The van der Waals surface area contributed by atoms with Gasteiger partial charge in [-0.2, -0.15) is 0 Å². The minimum Gasteiger partial charge on any atom is -0.379 e. The highest BCUT2D eigenvalue weighted by atomic mass is 16.5. The smallest absolute Gasteiger partial charge is 0.234 e. The molecular weight excluding hydrogens is 208 g/mol. The lowest BCUT2D eigenvalue weighted by molar-refractivity contribution is -0.120. The first-order valence-corrected chi connectivity index (χ1v) is 5.95. The predicted octanol–water partition coefficient (Wildman–Crippen LogP) is 0.0355. The summed E-state index contributed by atoms with van der Waals surface area (Å²) in [7, 11) is 0. The molecule has 5 nitrogen and oxygen atoms in total. The molecule has 0 aromatic heterocycles. The number of ether oxygens (including phenoxy) is 2. The lowest BCUT2D eigenvalue weighted by Gasteiger charge is -2.14. The van der Waals surface area contributed by atoms with Crippen LogP contribution in [-0.4, -0.2) is 44.4 Å². The monoisotopic (exact) mass is 230 g/mol. The Balaban J connectivity index is 2.00. The Hall–Kier alpha value is -0.650. The zero-order valence-electron chi connectivity index (χ0n) is 9.91. The van der Waals surface area contributed by atoms with Crippen molar-refractivity contribution >= 4 is 5.91 Å². The maximum absolute atomic E-state index is 11.1. The molecule has 5 heteroatoms. The van der Waals surface area contributed by atoms with Crippen LogP contribution in [0.4, 0.5) is 0 Å². The van der Waals surface area contributed by atoms with Crippen LogP contribution in [0.2, 0.25) is 0 Å². The predicted molar refractivity (Wildman–Crippen MR) is 61.1 cm³/mol. The molecule has 3 N–H and O–H groups in total. The van der Waals surface area contributed by atoms with Crippen LogP contribution in [0.15, 0.2) is 0 Å². The van der Waals surface area contributed by atoms with Crippen LogP contribution in [-0.2, 0) is 14.3 Å². The van der Waals surface area contributed by atoms with Crippen LogP contribution < -0.4 is 11.1 Å². The summed E-state index contributed by atoms with van der Waals surface area (Å²) < 4.78 is 10.5. The van der Waals surface area contributed by atoms with Crippen molar-refractivity contribution in [1.29, 1.82) is 0 Å². The van der Waals surface area contributed by atoms with Gasteiger partial charge in [0.2, 0.25) is 5.91 Å². The third kappa shape index (κ3) is 6.05. The molecule has 1 amide bonds. The number of amides is 1. The fraction of sp³-hybridized carbons (Fsp3) is 0.909. The number of hydrogen-bond acceptors (Lipinski definition) is 4. The van der Waals surface area contributed by atoms with E-state index in [1.807, 2.05) is 6.92 Å². The van der Waals surface area contributed by atoms with Crippen molar-refractivity contribution in [3.8, 4) is 0 Å². The summed E-state index contributed by atoms with van der Waals surface area (Å²) in [5.41, 5.74) is 5.29. The van der Waals surface area contributed by atoms with Gasteiger partial charge in [-0.05, 0) is 26.2 Å². The van der Waals surface area contributed by atoms with E-state index in [0.717, 1.165) is 12.8 Å². The first kappa shape index (κ1) is 13.4. The molecule has 0 aromatic carbocycles. The average molecular weight is 230 g/mol. The first-order valence-electron chi connectivity index (χ1n) is 5.95. The number of rotatable bonds is 10. The Morgan fingerprint density at radius 3 is 2.62 bits per heavy atom. The van der Waals surface area contributed by atoms with E-state index in [0.29, 0.717) is 38.9 Å².